The van der Waals surface area contributed by atoms with Crippen molar-refractivity contribution in [1.82, 2.24) is 10.2 Å². The number of amides is 2. The lowest BCUT2D eigenvalue weighted by Crippen LogP contribution is -2.53. The Morgan fingerprint density at radius 2 is 1.74 bits per heavy atom. The maximum atomic E-state index is 13.7. The van der Waals surface area contributed by atoms with Crippen molar-refractivity contribution in [3.63, 3.8) is 0 Å². The van der Waals surface area contributed by atoms with E-state index >= 15 is 0 Å². The summed E-state index contributed by atoms with van der Waals surface area (Å²) in [6.45, 7) is 7.39. The molecule has 0 aliphatic heterocycles. The van der Waals surface area contributed by atoms with Crippen LogP contribution in [0.4, 0.5) is 5.69 Å². The molecule has 8 nitrogen and oxygen atoms in total. The Morgan fingerprint density at radius 3 is 2.31 bits per heavy atom. The highest BCUT2D eigenvalue weighted by Crippen LogP contribution is 2.29. The summed E-state index contributed by atoms with van der Waals surface area (Å²) < 4.78 is 31.8. The number of para-hydroxylation sites is 2. The predicted octanol–water partition coefficient (Wildman–Crippen LogP) is 3.49. The van der Waals surface area contributed by atoms with Crippen molar-refractivity contribution in [3.05, 3.63) is 59.7 Å². The molecule has 2 aromatic carbocycles. The van der Waals surface area contributed by atoms with Crippen LogP contribution in [0.15, 0.2) is 48.5 Å². The Labute approximate surface area is 209 Å². The van der Waals surface area contributed by atoms with Crippen molar-refractivity contribution in [2.45, 2.75) is 59.2 Å². The van der Waals surface area contributed by atoms with Crippen LogP contribution in [-0.2, 0) is 26.2 Å². The van der Waals surface area contributed by atoms with Gasteiger partial charge >= 0.3 is 0 Å². The third-order valence-electron chi connectivity index (χ3n) is 5.86. The van der Waals surface area contributed by atoms with E-state index in [2.05, 4.69) is 5.32 Å². The van der Waals surface area contributed by atoms with Crippen molar-refractivity contribution in [3.8, 4) is 5.75 Å². The standard InChI is InChI=1S/C26H37N3O5S/c1-7-20(4)27-26(31)22(8-2)28(17-21-13-11-12-19(3)16-21)25(30)18-29(35(6,32)33)23-14-9-10-15-24(23)34-5/h9-16,20,22H,7-8,17-18H2,1-6H3,(H,27,31). The van der Waals surface area contributed by atoms with Crippen molar-refractivity contribution in [2.75, 3.05) is 24.2 Å². The van der Waals surface area contributed by atoms with Crippen LogP contribution in [0.1, 0.15) is 44.7 Å². The molecular formula is C26H37N3O5S. The monoisotopic (exact) mass is 503 g/mol. The lowest BCUT2D eigenvalue weighted by molar-refractivity contribution is -0.140. The van der Waals surface area contributed by atoms with Crippen LogP contribution in [0, 0.1) is 6.92 Å². The summed E-state index contributed by atoms with van der Waals surface area (Å²) >= 11 is 0. The molecule has 192 valence electrons. The van der Waals surface area contributed by atoms with Gasteiger partial charge in [0.1, 0.15) is 18.3 Å². The maximum absolute atomic E-state index is 13.7. The average Bonchev–Trinajstić information content (AvgIpc) is 2.81. The third-order valence-corrected chi connectivity index (χ3v) is 6.98. The molecule has 0 fully saturated rings. The third kappa shape index (κ3) is 7.71. The molecule has 9 heteroatoms. The molecule has 2 atom stereocenters. The second kappa shape index (κ2) is 12.6. The first-order valence-corrected chi connectivity index (χ1v) is 13.6. The van der Waals surface area contributed by atoms with Gasteiger partial charge in [0.15, 0.2) is 0 Å². The van der Waals surface area contributed by atoms with Crippen LogP contribution >= 0.6 is 0 Å². The highest BCUT2D eigenvalue weighted by Gasteiger charge is 2.32. The van der Waals surface area contributed by atoms with E-state index in [1.54, 1.807) is 24.3 Å². The quantitative estimate of drug-likeness (QED) is 0.478. The molecule has 0 aliphatic carbocycles. The number of carbonyl (C=O) groups excluding carboxylic acids is 2. The average molecular weight is 504 g/mol. The van der Waals surface area contributed by atoms with Gasteiger partial charge in [-0.1, -0.05) is 55.8 Å². The Morgan fingerprint density at radius 1 is 1.06 bits per heavy atom. The van der Waals surface area contributed by atoms with Gasteiger partial charge in [0, 0.05) is 12.6 Å². The largest absolute Gasteiger partial charge is 0.495 e. The number of sulfonamides is 1. The molecule has 35 heavy (non-hydrogen) atoms. The number of aryl methyl sites for hydroxylation is 1. The Hall–Kier alpha value is -3.07. The second-order valence-electron chi connectivity index (χ2n) is 8.69. The molecule has 0 heterocycles. The van der Waals surface area contributed by atoms with E-state index in [1.165, 1.54) is 12.0 Å². The van der Waals surface area contributed by atoms with E-state index < -0.39 is 28.5 Å². The molecule has 2 unspecified atom stereocenters. The molecule has 2 rings (SSSR count). The fourth-order valence-corrected chi connectivity index (χ4v) is 4.65. The highest BCUT2D eigenvalue weighted by atomic mass is 32.2. The van der Waals surface area contributed by atoms with Gasteiger partial charge in [-0.15, -0.1) is 0 Å². The number of nitrogens with zero attached hydrogens (tertiary/aromatic N) is 2. The first-order valence-electron chi connectivity index (χ1n) is 11.8. The van der Waals surface area contributed by atoms with Crippen LogP contribution in [0.3, 0.4) is 0 Å². The number of hydrogen-bond donors (Lipinski definition) is 1. The van der Waals surface area contributed by atoms with Gasteiger partial charge in [-0.3, -0.25) is 13.9 Å². The zero-order valence-electron chi connectivity index (χ0n) is 21.4. The minimum Gasteiger partial charge on any atom is -0.495 e. The summed E-state index contributed by atoms with van der Waals surface area (Å²) in [6, 6.07) is 13.5. The Bertz CT molecular complexity index is 1120. The normalized spacial score (nSPS) is 13.0. The van der Waals surface area contributed by atoms with Crippen molar-refractivity contribution >= 4 is 27.5 Å². The van der Waals surface area contributed by atoms with E-state index in [-0.39, 0.29) is 24.2 Å². The molecule has 1 N–H and O–H groups in total. The van der Waals surface area contributed by atoms with Crippen LogP contribution < -0.4 is 14.4 Å². The first kappa shape index (κ1) is 28.2. The summed E-state index contributed by atoms with van der Waals surface area (Å²) in [7, 11) is -2.39. The predicted molar refractivity (Wildman–Crippen MR) is 139 cm³/mol. The van der Waals surface area contributed by atoms with Gasteiger partial charge in [-0.2, -0.15) is 0 Å². The van der Waals surface area contributed by atoms with Crippen LogP contribution in [-0.4, -0.2) is 57.1 Å². The van der Waals surface area contributed by atoms with E-state index in [0.29, 0.717) is 12.2 Å². The van der Waals surface area contributed by atoms with E-state index in [0.717, 1.165) is 28.1 Å². The van der Waals surface area contributed by atoms with Crippen molar-refractivity contribution < 1.29 is 22.7 Å². The van der Waals surface area contributed by atoms with Gasteiger partial charge in [0.05, 0.1) is 19.1 Å². The minimum absolute atomic E-state index is 0.0476. The topological polar surface area (TPSA) is 96.0 Å². The van der Waals surface area contributed by atoms with E-state index in [9.17, 15) is 18.0 Å². The minimum atomic E-state index is -3.83. The zero-order valence-corrected chi connectivity index (χ0v) is 22.3. The van der Waals surface area contributed by atoms with E-state index in [4.69, 9.17) is 4.74 Å². The molecule has 0 spiro atoms. The number of nitrogens with one attached hydrogen (secondary N) is 1. The molecule has 0 saturated heterocycles. The highest BCUT2D eigenvalue weighted by molar-refractivity contribution is 7.92. The summed E-state index contributed by atoms with van der Waals surface area (Å²) in [5.74, 6) is -0.405. The summed E-state index contributed by atoms with van der Waals surface area (Å²) in [4.78, 5) is 28.3. The molecule has 0 bridgehead atoms. The van der Waals surface area contributed by atoms with Crippen LogP contribution in [0.5, 0.6) is 5.75 Å². The number of anilines is 1. The van der Waals surface area contributed by atoms with Crippen LogP contribution in [0.25, 0.3) is 0 Å². The Kier molecular flexibility index (Phi) is 10.1. The van der Waals surface area contributed by atoms with Gasteiger partial charge in [-0.25, -0.2) is 8.42 Å². The molecule has 2 aromatic rings. The smallest absolute Gasteiger partial charge is 0.244 e. The van der Waals surface area contributed by atoms with Crippen LogP contribution in [0.2, 0.25) is 0 Å². The first-order chi connectivity index (χ1) is 16.5. The van der Waals surface area contributed by atoms with Gasteiger partial charge < -0.3 is 15.0 Å². The number of methoxy groups -OCH3 is 1. The number of benzene rings is 2. The van der Waals surface area contributed by atoms with Crippen molar-refractivity contribution in [2.24, 2.45) is 0 Å². The molecule has 2 amide bonds. The lowest BCUT2D eigenvalue weighted by atomic mass is 10.1. The number of carbonyl (C=O) groups is 2. The number of rotatable bonds is 12. The van der Waals surface area contributed by atoms with E-state index in [1.807, 2.05) is 52.0 Å². The van der Waals surface area contributed by atoms with Gasteiger partial charge in [0.25, 0.3) is 0 Å². The van der Waals surface area contributed by atoms with Gasteiger partial charge in [0.2, 0.25) is 21.8 Å². The fraction of sp³-hybridized carbons (Fsp3) is 0.462. The zero-order chi connectivity index (χ0) is 26.2. The lowest BCUT2D eigenvalue weighted by Gasteiger charge is -2.33. The summed E-state index contributed by atoms with van der Waals surface area (Å²) in [5.41, 5.74) is 2.15. The molecule has 0 aromatic heterocycles. The SMILES string of the molecule is CCC(C)NC(=O)C(CC)N(Cc1cccc(C)c1)C(=O)CN(c1ccccc1OC)S(C)(=O)=O. The molecule has 0 saturated carbocycles. The Balaban J connectivity index is 2.48. The van der Waals surface area contributed by atoms with Gasteiger partial charge in [-0.05, 0) is 44.4 Å². The van der Waals surface area contributed by atoms with Crippen molar-refractivity contribution in [1.29, 1.82) is 0 Å². The summed E-state index contributed by atoms with van der Waals surface area (Å²) in [5, 5.41) is 2.96. The summed E-state index contributed by atoms with van der Waals surface area (Å²) in [6.07, 6.45) is 2.18. The number of ether oxygens (including phenoxy) is 1. The molecule has 0 aliphatic rings. The number of hydrogen-bond acceptors (Lipinski definition) is 5. The molecular weight excluding hydrogens is 466 g/mol. The molecule has 0 radical (unpaired) electrons. The fourth-order valence-electron chi connectivity index (χ4n) is 3.80. The maximum Gasteiger partial charge on any atom is 0.244 e. The second-order valence-corrected chi connectivity index (χ2v) is 10.6.